The highest BCUT2D eigenvalue weighted by Gasteiger charge is 2.21. The number of carbonyl (C=O) groups is 2. The summed E-state index contributed by atoms with van der Waals surface area (Å²) in [5.41, 5.74) is -0.604. The molecule has 6 nitrogen and oxygen atoms in total. The summed E-state index contributed by atoms with van der Waals surface area (Å²) in [7, 11) is 0. The molecule has 2 amide bonds. The maximum Gasteiger partial charge on any atom is 0.408 e. The summed E-state index contributed by atoms with van der Waals surface area (Å²) in [5, 5.41) is 5.05. The predicted molar refractivity (Wildman–Crippen MR) is 79.4 cm³/mol. The van der Waals surface area contributed by atoms with Crippen molar-refractivity contribution in [2.45, 2.75) is 39.3 Å². The number of halogens is 1. The Hall–Kier alpha value is -1.63. The summed E-state index contributed by atoms with van der Waals surface area (Å²) in [4.78, 5) is 27.4. The topological polar surface area (TPSA) is 80.3 Å². The fourth-order valence-corrected chi connectivity index (χ4v) is 1.47. The van der Waals surface area contributed by atoms with Gasteiger partial charge in [-0.25, -0.2) is 9.78 Å². The van der Waals surface area contributed by atoms with E-state index in [1.807, 2.05) is 0 Å². The zero-order valence-corrected chi connectivity index (χ0v) is 13.4. The first-order chi connectivity index (χ1) is 9.17. The second-order valence-electron chi connectivity index (χ2n) is 5.22. The van der Waals surface area contributed by atoms with Crippen LogP contribution in [0.4, 0.5) is 10.6 Å². The largest absolute Gasteiger partial charge is 0.444 e. The van der Waals surface area contributed by atoms with Gasteiger partial charge in [-0.05, 0) is 55.8 Å². The third-order valence-corrected chi connectivity index (χ3v) is 2.57. The minimum absolute atomic E-state index is 0.370. The van der Waals surface area contributed by atoms with Gasteiger partial charge in [0, 0.05) is 10.7 Å². The lowest BCUT2D eigenvalue weighted by Crippen LogP contribution is -2.44. The van der Waals surface area contributed by atoms with Crippen molar-refractivity contribution in [1.82, 2.24) is 10.3 Å². The van der Waals surface area contributed by atoms with Gasteiger partial charge in [0.25, 0.3) is 0 Å². The molecule has 1 heterocycles. The highest BCUT2D eigenvalue weighted by Crippen LogP contribution is 2.11. The number of amides is 2. The smallest absolute Gasteiger partial charge is 0.408 e. The van der Waals surface area contributed by atoms with E-state index in [0.29, 0.717) is 5.82 Å². The molecule has 20 heavy (non-hydrogen) atoms. The molecule has 0 aliphatic carbocycles. The molecule has 0 aromatic carbocycles. The summed E-state index contributed by atoms with van der Waals surface area (Å²) < 4.78 is 5.89. The maximum atomic E-state index is 11.9. The fraction of sp³-hybridized carbons (Fsp3) is 0.462. The molecule has 0 unspecified atom stereocenters. The van der Waals surface area contributed by atoms with Crippen LogP contribution in [0.3, 0.4) is 0 Å². The third-order valence-electron chi connectivity index (χ3n) is 2.11. The van der Waals surface area contributed by atoms with Gasteiger partial charge in [-0.2, -0.15) is 0 Å². The number of nitrogens with zero attached hydrogens (tertiary/aromatic N) is 1. The molecule has 0 saturated heterocycles. The van der Waals surface area contributed by atoms with Gasteiger partial charge in [0.2, 0.25) is 5.91 Å². The molecule has 0 aliphatic rings. The van der Waals surface area contributed by atoms with Crippen LogP contribution in [0.1, 0.15) is 27.7 Å². The summed E-state index contributed by atoms with van der Waals surface area (Å²) in [6.07, 6.45) is 0.936. The van der Waals surface area contributed by atoms with Crippen LogP contribution in [0.5, 0.6) is 0 Å². The number of nitrogens with one attached hydrogen (secondary N) is 2. The maximum absolute atomic E-state index is 11.9. The Bertz CT molecular complexity index is 483. The van der Waals surface area contributed by atoms with Crippen LogP contribution in [-0.2, 0) is 9.53 Å². The van der Waals surface area contributed by atoms with Gasteiger partial charge in [-0.3, -0.25) is 4.79 Å². The van der Waals surface area contributed by atoms with Gasteiger partial charge in [0.15, 0.2) is 0 Å². The summed E-state index contributed by atoms with van der Waals surface area (Å²) >= 11 is 3.25. The Balaban J connectivity index is 2.51. The number of anilines is 1. The summed E-state index contributed by atoms with van der Waals surface area (Å²) in [6.45, 7) is 6.83. The van der Waals surface area contributed by atoms with Crippen molar-refractivity contribution >= 4 is 33.7 Å². The molecule has 0 bridgehead atoms. The van der Waals surface area contributed by atoms with Crippen molar-refractivity contribution in [3.05, 3.63) is 22.8 Å². The normalized spacial score (nSPS) is 12.4. The number of pyridine rings is 1. The van der Waals surface area contributed by atoms with E-state index in [0.717, 1.165) is 4.47 Å². The highest BCUT2D eigenvalue weighted by atomic mass is 79.9. The number of hydrogen-bond donors (Lipinski definition) is 2. The van der Waals surface area contributed by atoms with E-state index in [4.69, 9.17) is 4.74 Å². The van der Waals surface area contributed by atoms with E-state index in [9.17, 15) is 9.59 Å². The molecule has 1 aromatic rings. The van der Waals surface area contributed by atoms with E-state index >= 15 is 0 Å². The average molecular weight is 344 g/mol. The number of hydrogen-bond acceptors (Lipinski definition) is 4. The lowest BCUT2D eigenvalue weighted by atomic mass is 10.2. The molecule has 7 heteroatoms. The van der Waals surface area contributed by atoms with Crippen molar-refractivity contribution in [1.29, 1.82) is 0 Å². The van der Waals surface area contributed by atoms with Crippen molar-refractivity contribution in [2.24, 2.45) is 0 Å². The molecule has 0 spiro atoms. The lowest BCUT2D eigenvalue weighted by molar-refractivity contribution is -0.117. The number of aromatic nitrogens is 1. The lowest BCUT2D eigenvalue weighted by Gasteiger charge is -2.21. The molecule has 110 valence electrons. The average Bonchev–Trinajstić information content (AvgIpc) is 2.29. The first-order valence-corrected chi connectivity index (χ1v) is 6.88. The van der Waals surface area contributed by atoms with Crippen LogP contribution < -0.4 is 10.6 Å². The molecule has 2 N–H and O–H groups in total. The quantitative estimate of drug-likeness (QED) is 0.884. The molecule has 0 aliphatic heterocycles. The van der Waals surface area contributed by atoms with Crippen molar-refractivity contribution in [3.8, 4) is 0 Å². The number of rotatable bonds is 3. The Labute approximate surface area is 126 Å². The van der Waals surface area contributed by atoms with E-state index in [-0.39, 0.29) is 5.91 Å². The predicted octanol–water partition coefficient (Wildman–Crippen LogP) is 2.70. The molecular formula is C13H18BrN3O3. The monoisotopic (exact) mass is 343 g/mol. The van der Waals surface area contributed by atoms with Gasteiger partial charge < -0.3 is 15.4 Å². The van der Waals surface area contributed by atoms with Crippen LogP contribution in [0, 0.1) is 0 Å². The second kappa shape index (κ2) is 6.69. The van der Waals surface area contributed by atoms with Gasteiger partial charge >= 0.3 is 6.09 Å². The van der Waals surface area contributed by atoms with Gasteiger partial charge in [0.1, 0.15) is 17.5 Å². The van der Waals surface area contributed by atoms with E-state index in [2.05, 4.69) is 31.5 Å². The molecule has 1 rings (SSSR count). The van der Waals surface area contributed by atoms with Crippen LogP contribution in [0.15, 0.2) is 22.8 Å². The van der Waals surface area contributed by atoms with Crippen LogP contribution in [0.25, 0.3) is 0 Å². The highest BCUT2D eigenvalue weighted by molar-refractivity contribution is 9.10. The number of carbonyl (C=O) groups excluding carboxylic acids is 2. The van der Waals surface area contributed by atoms with Crippen LogP contribution >= 0.6 is 15.9 Å². The Morgan fingerprint density at radius 2 is 2.00 bits per heavy atom. The van der Waals surface area contributed by atoms with E-state index < -0.39 is 17.7 Å². The number of ether oxygens (including phenoxy) is 1. The van der Waals surface area contributed by atoms with Gasteiger partial charge in [-0.1, -0.05) is 0 Å². The van der Waals surface area contributed by atoms with Crippen LogP contribution in [-0.4, -0.2) is 28.6 Å². The molecule has 1 atom stereocenters. The van der Waals surface area contributed by atoms with E-state index in [1.54, 1.807) is 46.0 Å². The summed E-state index contributed by atoms with van der Waals surface area (Å²) in [5.74, 6) is 0.0433. The minimum atomic E-state index is -0.727. The first kappa shape index (κ1) is 16.4. The number of alkyl carbamates (subject to hydrolysis) is 1. The standard InChI is InChI=1S/C13H18BrN3O3/c1-8(16-12(19)20-13(2,3)4)11(18)17-10-6-5-9(14)7-15-10/h5-8H,1-4H3,(H,16,19)(H,15,17,18)/t8-/m1/s1. The van der Waals surface area contributed by atoms with Crippen LogP contribution in [0.2, 0.25) is 0 Å². The Morgan fingerprint density at radius 3 is 2.50 bits per heavy atom. The Kier molecular flexibility index (Phi) is 5.50. The SMILES string of the molecule is C[C@@H](NC(=O)OC(C)(C)C)C(=O)Nc1ccc(Br)cn1. The third kappa shape index (κ3) is 6.01. The van der Waals surface area contributed by atoms with Gasteiger partial charge in [0.05, 0.1) is 0 Å². The second-order valence-corrected chi connectivity index (χ2v) is 6.13. The Morgan fingerprint density at radius 1 is 1.35 bits per heavy atom. The summed E-state index contributed by atoms with van der Waals surface area (Å²) in [6, 6.07) is 2.69. The van der Waals surface area contributed by atoms with Crippen molar-refractivity contribution in [2.75, 3.05) is 5.32 Å². The first-order valence-electron chi connectivity index (χ1n) is 6.09. The molecule has 0 saturated carbocycles. The van der Waals surface area contributed by atoms with Crippen molar-refractivity contribution in [3.63, 3.8) is 0 Å². The molecule has 0 radical (unpaired) electrons. The fourth-order valence-electron chi connectivity index (χ4n) is 1.23. The van der Waals surface area contributed by atoms with Crippen molar-refractivity contribution < 1.29 is 14.3 Å². The molecular weight excluding hydrogens is 326 g/mol. The zero-order chi connectivity index (χ0) is 15.3. The molecule has 0 fully saturated rings. The zero-order valence-electron chi connectivity index (χ0n) is 11.9. The minimum Gasteiger partial charge on any atom is -0.444 e. The van der Waals surface area contributed by atoms with E-state index in [1.165, 1.54) is 0 Å². The molecule has 1 aromatic heterocycles. The van der Waals surface area contributed by atoms with Gasteiger partial charge in [-0.15, -0.1) is 0 Å².